The third-order valence-corrected chi connectivity index (χ3v) is 7.85. The minimum absolute atomic E-state index is 0.00319. The Kier molecular flexibility index (Phi) is 6.09. The zero-order valence-electron chi connectivity index (χ0n) is 20.8. The number of aromatic nitrogens is 1. The van der Waals surface area contributed by atoms with E-state index in [-0.39, 0.29) is 28.9 Å². The van der Waals surface area contributed by atoms with E-state index in [2.05, 4.69) is 32.0 Å². The average Bonchev–Trinajstić information content (AvgIpc) is 3.29. The molecule has 0 aliphatic carbocycles. The van der Waals surface area contributed by atoms with Gasteiger partial charge in [0.25, 0.3) is 5.91 Å². The van der Waals surface area contributed by atoms with Gasteiger partial charge >= 0.3 is 0 Å². The van der Waals surface area contributed by atoms with Gasteiger partial charge in [0.15, 0.2) is 17.2 Å². The van der Waals surface area contributed by atoms with Gasteiger partial charge in [-0.05, 0) is 57.9 Å². The van der Waals surface area contributed by atoms with Gasteiger partial charge in [0.05, 0.1) is 19.3 Å². The van der Waals surface area contributed by atoms with Crippen molar-refractivity contribution in [3.63, 3.8) is 0 Å². The number of carbonyl (C=O) groups is 1. The van der Waals surface area contributed by atoms with Crippen molar-refractivity contribution < 1.29 is 23.5 Å². The first-order valence-corrected chi connectivity index (χ1v) is 12.7. The van der Waals surface area contributed by atoms with Crippen LogP contribution in [-0.2, 0) is 11.2 Å². The Labute approximate surface area is 201 Å². The van der Waals surface area contributed by atoms with Crippen LogP contribution >= 0.6 is 0 Å². The molecule has 0 bridgehead atoms. The SMILES string of the molecule is CCCc1cc(C(=O)N2CCC3(CC2)CO[C@@H]2c4cccc(OCC)c4OC(C)(C)[C@H]2C3)no1. The highest BCUT2D eigenvalue weighted by Crippen LogP contribution is 2.57. The van der Waals surface area contributed by atoms with Crippen molar-refractivity contribution in [3.05, 3.63) is 41.3 Å². The lowest BCUT2D eigenvalue weighted by molar-refractivity contribution is -0.173. The first kappa shape index (κ1) is 23.2. The summed E-state index contributed by atoms with van der Waals surface area (Å²) in [6, 6.07) is 7.89. The minimum Gasteiger partial charge on any atom is -0.490 e. The van der Waals surface area contributed by atoms with Crippen LogP contribution in [-0.4, -0.2) is 47.9 Å². The number of piperidine rings is 1. The Morgan fingerprint density at radius 3 is 2.76 bits per heavy atom. The number of aryl methyl sites for hydroxylation is 1. The van der Waals surface area contributed by atoms with E-state index in [0.29, 0.717) is 32.0 Å². The third kappa shape index (κ3) is 4.08. The number of nitrogens with zero attached hydrogens (tertiary/aromatic N) is 2. The average molecular weight is 469 g/mol. The summed E-state index contributed by atoms with van der Waals surface area (Å²) in [5, 5.41) is 4.01. The van der Waals surface area contributed by atoms with Gasteiger partial charge in [-0.25, -0.2) is 0 Å². The lowest BCUT2D eigenvalue weighted by Gasteiger charge is -2.54. The summed E-state index contributed by atoms with van der Waals surface area (Å²) < 4.78 is 24.3. The molecule has 7 heteroatoms. The molecule has 2 atom stereocenters. The largest absolute Gasteiger partial charge is 0.490 e. The fraction of sp³-hybridized carbons (Fsp3) is 0.630. The van der Waals surface area contributed by atoms with Crippen LogP contribution in [0.4, 0.5) is 0 Å². The second-order valence-corrected chi connectivity index (χ2v) is 10.6. The van der Waals surface area contributed by atoms with Gasteiger partial charge in [-0.2, -0.15) is 0 Å². The molecule has 2 fully saturated rings. The monoisotopic (exact) mass is 468 g/mol. The number of hydrogen-bond acceptors (Lipinski definition) is 6. The lowest BCUT2D eigenvalue weighted by Crippen LogP contribution is -2.54. The smallest absolute Gasteiger partial charge is 0.276 e. The Bertz CT molecular complexity index is 1040. The molecule has 1 aromatic heterocycles. The van der Waals surface area contributed by atoms with Gasteiger partial charge in [0.2, 0.25) is 0 Å². The predicted molar refractivity (Wildman–Crippen MR) is 127 cm³/mol. The maximum atomic E-state index is 13.0. The number of likely N-dealkylation sites (tertiary alicyclic amines) is 1. The molecule has 184 valence electrons. The van der Waals surface area contributed by atoms with Crippen LogP contribution in [0.1, 0.15) is 81.3 Å². The van der Waals surface area contributed by atoms with Crippen molar-refractivity contribution in [2.75, 3.05) is 26.3 Å². The second-order valence-electron chi connectivity index (χ2n) is 10.6. The fourth-order valence-electron chi connectivity index (χ4n) is 5.88. The molecule has 1 spiro atoms. The Morgan fingerprint density at radius 1 is 1.24 bits per heavy atom. The second kappa shape index (κ2) is 8.91. The fourth-order valence-corrected chi connectivity index (χ4v) is 5.88. The molecule has 3 aliphatic rings. The van der Waals surface area contributed by atoms with Gasteiger partial charge in [-0.3, -0.25) is 4.79 Å². The van der Waals surface area contributed by atoms with Crippen LogP contribution in [0.25, 0.3) is 0 Å². The van der Waals surface area contributed by atoms with Crippen LogP contribution < -0.4 is 9.47 Å². The van der Waals surface area contributed by atoms with Crippen molar-refractivity contribution in [3.8, 4) is 11.5 Å². The molecule has 5 rings (SSSR count). The normalized spacial score (nSPS) is 24.8. The van der Waals surface area contributed by atoms with E-state index < -0.39 is 0 Å². The molecule has 0 N–H and O–H groups in total. The first-order valence-electron chi connectivity index (χ1n) is 12.7. The topological polar surface area (TPSA) is 74.0 Å². The van der Waals surface area contributed by atoms with E-state index in [4.69, 9.17) is 18.7 Å². The molecule has 3 aliphatic heterocycles. The van der Waals surface area contributed by atoms with Crippen molar-refractivity contribution in [1.82, 2.24) is 10.1 Å². The molecule has 0 radical (unpaired) electrons. The molecule has 34 heavy (non-hydrogen) atoms. The number of para-hydroxylation sites is 1. The van der Waals surface area contributed by atoms with Crippen LogP contribution in [0.5, 0.6) is 11.5 Å². The molecule has 1 amide bonds. The number of carbonyl (C=O) groups excluding carboxylic acids is 1. The van der Waals surface area contributed by atoms with Gasteiger partial charge in [0, 0.05) is 37.1 Å². The van der Waals surface area contributed by atoms with Gasteiger partial charge in [0.1, 0.15) is 11.4 Å². The maximum Gasteiger partial charge on any atom is 0.276 e. The number of fused-ring (bicyclic) bond motifs is 3. The number of rotatable bonds is 5. The Morgan fingerprint density at radius 2 is 2.03 bits per heavy atom. The summed E-state index contributed by atoms with van der Waals surface area (Å²) in [7, 11) is 0. The molecular formula is C27H36N2O5. The van der Waals surface area contributed by atoms with Gasteiger partial charge < -0.3 is 23.6 Å². The zero-order valence-corrected chi connectivity index (χ0v) is 20.8. The van der Waals surface area contributed by atoms with E-state index in [1.807, 2.05) is 24.0 Å². The highest BCUT2D eigenvalue weighted by Gasteiger charge is 2.53. The van der Waals surface area contributed by atoms with Crippen LogP contribution in [0.15, 0.2) is 28.8 Å². The number of amides is 1. The standard InChI is InChI=1S/C27H36N2O5/c1-5-8-18-15-21(28-34-18)25(30)29-13-11-27(12-14-29)16-20-23(32-17-27)19-9-7-10-22(31-6-2)24(19)33-26(20,3)4/h7,9-10,15,20,23H,5-6,8,11-14,16-17H2,1-4H3/t20-,23+/m0/s1. The molecular weight excluding hydrogens is 432 g/mol. The van der Waals surface area contributed by atoms with E-state index in [1.165, 1.54) is 0 Å². The van der Waals surface area contributed by atoms with Gasteiger partial charge in [-0.15, -0.1) is 0 Å². The minimum atomic E-state index is -0.373. The van der Waals surface area contributed by atoms with E-state index in [9.17, 15) is 4.79 Å². The highest BCUT2D eigenvalue weighted by molar-refractivity contribution is 5.92. The van der Waals surface area contributed by atoms with E-state index in [1.54, 1.807) is 6.07 Å². The quantitative estimate of drug-likeness (QED) is 0.601. The van der Waals surface area contributed by atoms with Crippen molar-refractivity contribution >= 4 is 5.91 Å². The number of hydrogen-bond donors (Lipinski definition) is 0. The molecule has 4 heterocycles. The summed E-state index contributed by atoms with van der Waals surface area (Å²) in [5.41, 5.74) is 1.20. The first-order chi connectivity index (χ1) is 16.4. The molecule has 7 nitrogen and oxygen atoms in total. The van der Waals surface area contributed by atoms with Gasteiger partial charge in [-0.1, -0.05) is 24.2 Å². The summed E-state index contributed by atoms with van der Waals surface area (Å²) in [6.07, 6.45) is 4.63. The van der Waals surface area contributed by atoms with E-state index >= 15 is 0 Å². The summed E-state index contributed by atoms with van der Waals surface area (Å²) >= 11 is 0. The van der Waals surface area contributed by atoms with Crippen molar-refractivity contribution in [2.45, 2.75) is 71.5 Å². The summed E-state index contributed by atoms with van der Waals surface area (Å²) in [4.78, 5) is 14.9. The third-order valence-electron chi connectivity index (χ3n) is 7.85. The lowest BCUT2D eigenvalue weighted by atomic mass is 9.64. The van der Waals surface area contributed by atoms with Crippen molar-refractivity contribution in [1.29, 1.82) is 0 Å². The maximum absolute atomic E-state index is 13.0. The number of ether oxygens (including phenoxy) is 3. The van der Waals surface area contributed by atoms with Crippen LogP contribution in [0.2, 0.25) is 0 Å². The molecule has 2 aromatic rings. The molecule has 1 aromatic carbocycles. The van der Waals surface area contributed by atoms with Crippen LogP contribution in [0, 0.1) is 11.3 Å². The Hall–Kier alpha value is -2.54. The Balaban J connectivity index is 1.29. The summed E-state index contributed by atoms with van der Waals surface area (Å²) in [5.74, 6) is 2.59. The molecule has 0 saturated carbocycles. The summed E-state index contributed by atoms with van der Waals surface area (Å²) in [6.45, 7) is 11.1. The highest BCUT2D eigenvalue weighted by atomic mass is 16.5. The number of benzene rings is 1. The molecule has 2 saturated heterocycles. The van der Waals surface area contributed by atoms with E-state index in [0.717, 1.165) is 54.9 Å². The predicted octanol–water partition coefficient (Wildman–Crippen LogP) is 5.20. The zero-order chi connectivity index (χ0) is 23.9. The molecule has 0 unspecified atom stereocenters. The van der Waals surface area contributed by atoms with Crippen molar-refractivity contribution in [2.24, 2.45) is 11.3 Å². The van der Waals surface area contributed by atoms with Crippen LogP contribution in [0.3, 0.4) is 0 Å².